The number of methoxy groups -OCH3 is 1. The quantitative estimate of drug-likeness (QED) is 0.893. The van der Waals surface area contributed by atoms with E-state index in [0.717, 1.165) is 0 Å². The van der Waals surface area contributed by atoms with Crippen molar-refractivity contribution in [3.8, 4) is 17.1 Å². The summed E-state index contributed by atoms with van der Waals surface area (Å²) in [7, 11) is 1.46. The Morgan fingerprint density at radius 3 is 2.76 bits per heavy atom. The number of nitrogens with two attached hydrogens (primary N) is 1. The summed E-state index contributed by atoms with van der Waals surface area (Å²) < 4.78 is 18.8. The zero-order valence-corrected chi connectivity index (χ0v) is 9.83. The van der Waals surface area contributed by atoms with Crippen LogP contribution < -0.4 is 10.5 Å². The van der Waals surface area contributed by atoms with Gasteiger partial charge in [0.05, 0.1) is 23.5 Å². The summed E-state index contributed by atoms with van der Waals surface area (Å²) in [6, 6.07) is 7.97. The van der Waals surface area contributed by atoms with Gasteiger partial charge in [0.25, 0.3) is 0 Å². The molecule has 2 rings (SSSR count). The van der Waals surface area contributed by atoms with E-state index in [1.165, 1.54) is 13.2 Å². The maximum absolute atomic E-state index is 13.8. The first-order valence-electron chi connectivity index (χ1n) is 4.88. The highest BCUT2D eigenvalue weighted by Gasteiger charge is 2.11. The van der Waals surface area contributed by atoms with E-state index >= 15 is 0 Å². The van der Waals surface area contributed by atoms with Crippen LogP contribution in [0.3, 0.4) is 0 Å². The van der Waals surface area contributed by atoms with E-state index in [1.807, 2.05) is 0 Å². The van der Waals surface area contributed by atoms with Crippen molar-refractivity contribution in [2.24, 2.45) is 0 Å². The summed E-state index contributed by atoms with van der Waals surface area (Å²) in [4.78, 5) is 4.12. The number of nitrogens with zero attached hydrogens (tertiary/aromatic N) is 1. The van der Waals surface area contributed by atoms with Crippen LogP contribution in [0.2, 0.25) is 5.02 Å². The van der Waals surface area contributed by atoms with E-state index in [0.29, 0.717) is 16.9 Å². The molecule has 0 atom stereocenters. The Morgan fingerprint density at radius 2 is 2.06 bits per heavy atom. The second kappa shape index (κ2) is 4.59. The molecule has 0 aliphatic rings. The molecule has 1 aromatic heterocycles. The van der Waals surface area contributed by atoms with Crippen molar-refractivity contribution in [2.45, 2.75) is 0 Å². The molecule has 0 saturated carbocycles. The number of rotatable bonds is 2. The number of hydrogen-bond acceptors (Lipinski definition) is 3. The van der Waals surface area contributed by atoms with Crippen molar-refractivity contribution in [1.82, 2.24) is 4.98 Å². The zero-order chi connectivity index (χ0) is 12.4. The Balaban J connectivity index is 2.57. The summed E-state index contributed by atoms with van der Waals surface area (Å²) in [5, 5.41) is 0.0556. The standard InChI is InChI=1S/C12H10ClFN2O/c1-17-12-9(15)5-6-10(16-12)7-3-2-4-8(13)11(7)14/h2-6H,15H2,1H3. The molecule has 0 unspecified atom stereocenters. The smallest absolute Gasteiger partial charge is 0.237 e. The minimum absolute atomic E-state index is 0.0556. The molecule has 0 aliphatic carbocycles. The van der Waals surface area contributed by atoms with Crippen LogP contribution >= 0.6 is 11.6 Å². The van der Waals surface area contributed by atoms with Gasteiger partial charge in [0.15, 0.2) is 5.82 Å². The lowest BCUT2D eigenvalue weighted by Gasteiger charge is -2.07. The first-order chi connectivity index (χ1) is 8.13. The van der Waals surface area contributed by atoms with Gasteiger partial charge in [0.1, 0.15) is 0 Å². The molecule has 0 spiro atoms. The third kappa shape index (κ3) is 2.17. The predicted molar refractivity (Wildman–Crippen MR) is 65.6 cm³/mol. The van der Waals surface area contributed by atoms with Crippen molar-refractivity contribution >= 4 is 17.3 Å². The van der Waals surface area contributed by atoms with Crippen molar-refractivity contribution < 1.29 is 9.13 Å². The molecule has 1 aromatic carbocycles. The highest BCUT2D eigenvalue weighted by Crippen LogP contribution is 2.29. The van der Waals surface area contributed by atoms with Crippen LogP contribution in [0.25, 0.3) is 11.3 Å². The number of hydrogen-bond donors (Lipinski definition) is 1. The average molecular weight is 253 g/mol. The molecule has 17 heavy (non-hydrogen) atoms. The molecular formula is C12H10ClFN2O. The van der Waals surface area contributed by atoms with Crippen LogP contribution in [0.5, 0.6) is 5.88 Å². The van der Waals surface area contributed by atoms with Gasteiger partial charge >= 0.3 is 0 Å². The van der Waals surface area contributed by atoms with Gasteiger partial charge in [-0.25, -0.2) is 9.37 Å². The van der Waals surface area contributed by atoms with Crippen LogP contribution in [0.4, 0.5) is 10.1 Å². The first kappa shape index (κ1) is 11.7. The summed E-state index contributed by atoms with van der Waals surface area (Å²) in [6.45, 7) is 0. The fourth-order valence-corrected chi connectivity index (χ4v) is 1.64. The van der Waals surface area contributed by atoms with Crippen molar-refractivity contribution in [3.63, 3.8) is 0 Å². The van der Waals surface area contributed by atoms with E-state index < -0.39 is 5.82 Å². The van der Waals surface area contributed by atoms with Crippen LogP contribution in [-0.4, -0.2) is 12.1 Å². The van der Waals surface area contributed by atoms with Gasteiger partial charge in [0.2, 0.25) is 5.88 Å². The number of ether oxygens (including phenoxy) is 1. The lowest BCUT2D eigenvalue weighted by molar-refractivity contribution is 0.401. The van der Waals surface area contributed by atoms with E-state index in [9.17, 15) is 4.39 Å². The largest absolute Gasteiger partial charge is 0.480 e. The van der Waals surface area contributed by atoms with Gasteiger partial charge in [-0.05, 0) is 24.3 Å². The molecular weight excluding hydrogens is 243 g/mol. The number of aromatic nitrogens is 1. The van der Waals surface area contributed by atoms with Crippen LogP contribution in [0, 0.1) is 5.82 Å². The van der Waals surface area contributed by atoms with E-state index in [-0.39, 0.29) is 10.9 Å². The normalized spacial score (nSPS) is 10.3. The third-order valence-corrected chi connectivity index (χ3v) is 2.60. The summed E-state index contributed by atoms with van der Waals surface area (Å²) in [5.41, 5.74) is 6.78. The van der Waals surface area contributed by atoms with Gasteiger partial charge in [-0.3, -0.25) is 0 Å². The van der Waals surface area contributed by atoms with Gasteiger partial charge in [-0.15, -0.1) is 0 Å². The van der Waals surface area contributed by atoms with Crippen molar-refractivity contribution in [1.29, 1.82) is 0 Å². The molecule has 0 amide bonds. The van der Waals surface area contributed by atoms with Crippen LogP contribution in [0.15, 0.2) is 30.3 Å². The molecule has 88 valence electrons. The van der Waals surface area contributed by atoms with Gasteiger partial charge in [0, 0.05) is 5.56 Å². The maximum Gasteiger partial charge on any atom is 0.237 e. The average Bonchev–Trinajstić information content (AvgIpc) is 2.34. The van der Waals surface area contributed by atoms with E-state index in [1.54, 1.807) is 24.3 Å². The van der Waals surface area contributed by atoms with Gasteiger partial charge < -0.3 is 10.5 Å². The molecule has 2 N–H and O–H groups in total. The highest BCUT2D eigenvalue weighted by molar-refractivity contribution is 6.31. The lowest BCUT2D eigenvalue weighted by atomic mass is 10.1. The SMILES string of the molecule is COc1nc(-c2cccc(Cl)c2F)ccc1N. The number of halogens is 2. The third-order valence-electron chi connectivity index (χ3n) is 2.31. The zero-order valence-electron chi connectivity index (χ0n) is 9.08. The van der Waals surface area contributed by atoms with Crippen LogP contribution in [0.1, 0.15) is 0 Å². The molecule has 0 aliphatic heterocycles. The fourth-order valence-electron chi connectivity index (χ4n) is 1.47. The van der Waals surface area contributed by atoms with Crippen molar-refractivity contribution in [2.75, 3.05) is 12.8 Å². The Morgan fingerprint density at radius 1 is 1.29 bits per heavy atom. The number of pyridine rings is 1. The molecule has 0 saturated heterocycles. The molecule has 3 nitrogen and oxygen atoms in total. The summed E-state index contributed by atoms with van der Waals surface area (Å²) in [5.74, 6) is -0.240. The maximum atomic E-state index is 13.8. The molecule has 0 radical (unpaired) electrons. The minimum atomic E-state index is -0.506. The summed E-state index contributed by atoms with van der Waals surface area (Å²) >= 11 is 5.71. The highest BCUT2D eigenvalue weighted by atomic mass is 35.5. The second-order valence-corrected chi connectivity index (χ2v) is 3.80. The Kier molecular flexibility index (Phi) is 3.15. The van der Waals surface area contributed by atoms with Crippen LogP contribution in [-0.2, 0) is 0 Å². The van der Waals surface area contributed by atoms with E-state index in [2.05, 4.69) is 4.98 Å². The fraction of sp³-hybridized carbons (Fsp3) is 0.0833. The predicted octanol–water partition coefficient (Wildman–Crippen LogP) is 3.13. The summed E-state index contributed by atoms with van der Waals surface area (Å²) in [6.07, 6.45) is 0. The molecule has 0 bridgehead atoms. The Hall–Kier alpha value is -1.81. The van der Waals surface area contributed by atoms with Gasteiger partial charge in [-0.1, -0.05) is 17.7 Å². The topological polar surface area (TPSA) is 48.1 Å². The molecule has 1 heterocycles. The lowest BCUT2D eigenvalue weighted by Crippen LogP contribution is -1.97. The molecule has 0 fully saturated rings. The Bertz CT molecular complexity index is 560. The Labute approximate surface area is 103 Å². The second-order valence-electron chi connectivity index (χ2n) is 3.40. The first-order valence-corrected chi connectivity index (χ1v) is 5.26. The number of nitrogen functional groups attached to an aromatic ring is 1. The van der Waals surface area contributed by atoms with E-state index in [4.69, 9.17) is 22.1 Å². The minimum Gasteiger partial charge on any atom is -0.480 e. The van der Waals surface area contributed by atoms with Crippen molar-refractivity contribution in [3.05, 3.63) is 41.2 Å². The number of benzene rings is 1. The monoisotopic (exact) mass is 252 g/mol. The molecule has 2 aromatic rings. The molecule has 5 heteroatoms. The number of anilines is 1. The van der Waals surface area contributed by atoms with Gasteiger partial charge in [-0.2, -0.15) is 0 Å².